The minimum atomic E-state index is 0.961. The molecule has 9 aliphatic rings. The fraction of sp³-hybridized carbons (Fsp3) is 1.00. The lowest BCUT2D eigenvalue weighted by atomic mass is 9.47. The molecule has 8 bridgehead atoms. The molecule has 0 heteroatoms. The van der Waals surface area contributed by atoms with Gasteiger partial charge in [-0.25, -0.2) is 0 Å². The summed E-state index contributed by atoms with van der Waals surface area (Å²) in [7, 11) is 0. The Labute approximate surface area is 178 Å². The van der Waals surface area contributed by atoms with Crippen LogP contribution in [0.3, 0.4) is 0 Å². The maximum Gasteiger partial charge on any atom is -0.0318 e. The van der Waals surface area contributed by atoms with E-state index in [-0.39, 0.29) is 0 Å². The number of hydrogen-bond donors (Lipinski definition) is 0. The Kier molecular flexibility index (Phi) is 2.95. The molecule has 0 aromatic heterocycles. The first-order valence-electron chi connectivity index (χ1n) is 14.2. The van der Waals surface area contributed by atoms with Crippen molar-refractivity contribution in [2.24, 2.45) is 107 Å². The second kappa shape index (κ2) is 5.14. The molecule has 16 atom stereocenters. The van der Waals surface area contributed by atoms with Crippen LogP contribution < -0.4 is 0 Å². The molecule has 0 heterocycles. The predicted octanol–water partition coefficient (Wildman–Crippen LogP) is 6.75. The van der Waals surface area contributed by atoms with Crippen LogP contribution in [0, 0.1) is 107 Å². The van der Waals surface area contributed by atoms with Crippen molar-refractivity contribution < 1.29 is 0 Å². The molecule has 0 saturated heterocycles. The molecule has 158 valence electrons. The van der Waals surface area contributed by atoms with Crippen molar-refractivity contribution in [3.63, 3.8) is 0 Å². The van der Waals surface area contributed by atoms with Crippen LogP contribution in [0.25, 0.3) is 0 Å². The lowest BCUT2D eigenvalue weighted by molar-refractivity contribution is -0.105. The van der Waals surface area contributed by atoms with Gasteiger partial charge in [0.05, 0.1) is 0 Å². The lowest BCUT2D eigenvalue weighted by Crippen LogP contribution is -2.53. The molecule has 0 aromatic rings. The van der Waals surface area contributed by atoms with Crippen LogP contribution in [0.5, 0.6) is 0 Å². The number of rotatable bonds is 1. The molecule has 0 aromatic carbocycles. The third kappa shape index (κ3) is 1.68. The monoisotopic (exact) mass is 390 g/mol. The van der Waals surface area contributed by atoms with E-state index in [0.29, 0.717) is 0 Å². The predicted molar refractivity (Wildman–Crippen MR) is 116 cm³/mol. The topological polar surface area (TPSA) is 0 Å². The van der Waals surface area contributed by atoms with Gasteiger partial charge < -0.3 is 0 Å². The van der Waals surface area contributed by atoms with Crippen LogP contribution in [0.15, 0.2) is 0 Å². The van der Waals surface area contributed by atoms with E-state index in [0.717, 1.165) is 11.8 Å². The minimum absolute atomic E-state index is 0.961. The fourth-order valence-electron chi connectivity index (χ4n) is 14.8. The Morgan fingerprint density at radius 3 is 1.17 bits per heavy atom. The smallest absolute Gasteiger partial charge is 0.0318 e. The van der Waals surface area contributed by atoms with Gasteiger partial charge in [-0.2, -0.15) is 0 Å². The summed E-state index contributed by atoms with van der Waals surface area (Å²) < 4.78 is 0. The highest BCUT2D eigenvalue weighted by Crippen LogP contribution is 2.79. The highest BCUT2D eigenvalue weighted by Gasteiger charge is 2.73. The summed E-state index contributed by atoms with van der Waals surface area (Å²) in [6.07, 6.45) is 15.0. The van der Waals surface area contributed by atoms with Crippen molar-refractivity contribution in [3.05, 3.63) is 0 Å². The van der Waals surface area contributed by atoms with Crippen LogP contribution in [0.4, 0.5) is 0 Å². The molecule has 9 rings (SSSR count). The molecule has 0 nitrogen and oxygen atoms in total. The summed E-state index contributed by atoms with van der Waals surface area (Å²) in [6, 6.07) is 0. The third-order valence-corrected chi connectivity index (χ3v) is 14.4. The van der Waals surface area contributed by atoms with Gasteiger partial charge in [-0.3, -0.25) is 0 Å². The van der Waals surface area contributed by atoms with Crippen LogP contribution in [-0.4, -0.2) is 0 Å². The SMILES string of the molecule is CC(C)C1C2C(CC3C4CC(C5C6CCC(C6)C45)C31)C1CC2C2C3CCC(C3)C12. The highest BCUT2D eigenvalue weighted by molar-refractivity contribution is 5.21. The summed E-state index contributed by atoms with van der Waals surface area (Å²) in [6.45, 7) is 5.33. The van der Waals surface area contributed by atoms with Gasteiger partial charge in [0.15, 0.2) is 0 Å². The van der Waals surface area contributed by atoms with E-state index < -0.39 is 0 Å². The van der Waals surface area contributed by atoms with Crippen LogP contribution in [0.1, 0.15) is 71.6 Å². The third-order valence-electron chi connectivity index (χ3n) is 14.4. The van der Waals surface area contributed by atoms with Crippen molar-refractivity contribution in [2.75, 3.05) is 0 Å². The zero-order valence-electron chi connectivity index (χ0n) is 18.8. The van der Waals surface area contributed by atoms with Crippen molar-refractivity contribution in [1.29, 1.82) is 0 Å². The van der Waals surface area contributed by atoms with Crippen LogP contribution in [0.2, 0.25) is 0 Å². The van der Waals surface area contributed by atoms with E-state index in [2.05, 4.69) is 13.8 Å². The standard InChI is InChI=1S/C29H42/c1-12(2)23-28-19(17-10-21(28)26-15-5-3-13(7-15)24(17)26)9-20-18-11-22(29(20)23)27-16-6-4-14(8-16)25(18)27/h12-29H,3-11H2,1-2H3. The van der Waals surface area contributed by atoms with E-state index in [4.69, 9.17) is 0 Å². The fourth-order valence-corrected chi connectivity index (χ4v) is 14.8. The maximum atomic E-state index is 2.67. The number of fused-ring (bicyclic) bond motifs is 24. The lowest BCUT2D eigenvalue weighted by Gasteiger charge is -2.58. The first kappa shape index (κ1) is 16.6. The Bertz CT molecular complexity index is 693. The molecule has 9 aliphatic carbocycles. The van der Waals surface area contributed by atoms with Gasteiger partial charge in [0.25, 0.3) is 0 Å². The van der Waals surface area contributed by atoms with Crippen LogP contribution in [-0.2, 0) is 0 Å². The Hall–Kier alpha value is 0. The Balaban J connectivity index is 1.13. The number of hydrogen-bond acceptors (Lipinski definition) is 0. The second-order valence-electron chi connectivity index (χ2n) is 14.6. The molecular weight excluding hydrogens is 348 g/mol. The van der Waals surface area contributed by atoms with E-state index in [9.17, 15) is 0 Å². The van der Waals surface area contributed by atoms with Crippen molar-refractivity contribution in [1.82, 2.24) is 0 Å². The van der Waals surface area contributed by atoms with Crippen molar-refractivity contribution in [3.8, 4) is 0 Å². The Morgan fingerprint density at radius 2 is 0.759 bits per heavy atom. The average molecular weight is 391 g/mol. The summed E-state index contributed by atoms with van der Waals surface area (Å²) in [5, 5.41) is 0. The average Bonchev–Trinajstić information content (AvgIpc) is 3.53. The molecule has 0 spiro atoms. The van der Waals surface area contributed by atoms with E-state index >= 15 is 0 Å². The molecule has 0 N–H and O–H groups in total. The van der Waals surface area contributed by atoms with Gasteiger partial charge in [-0.15, -0.1) is 0 Å². The first-order chi connectivity index (χ1) is 14.2. The van der Waals surface area contributed by atoms with E-state index in [1.54, 1.807) is 57.8 Å². The zero-order chi connectivity index (χ0) is 18.8. The van der Waals surface area contributed by atoms with Gasteiger partial charge in [-0.05, 0) is 164 Å². The van der Waals surface area contributed by atoms with Gasteiger partial charge in [0, 0.05) is 0 Å². The van der Waals surface area contributed by atoms with Gasteiger partial charge >= 0.3 is 0 Å². The quantitative estimate of drug-likeness (QED) is 0.434. The minimum Gasteiger partial charge on any atom is -0.0625 e. The summed E-state index contributed by atoms with van der Waals surface area (Å²) in [5.41, 5.74) is 0. The van der Waals surface area contributed by atoms with E-state index in [1.165, 1.54) is 94.7 Å². The second-order valence-corrected chi connectivity index (χ2v) is 14.6. The molecule has 9 fully saturated rings. The van der Waals surface area contributed by atoms with Gasteiger partial charge in [-0.1, -0.05) is 13.8 Å². The zero-order valence-corrected chi connectivity index (χ0v) is 18.8. The molecule has 9 saturated carbocycles. The normalized spacial score (nSPS) is 71.9. The van der Waals surface area contributed by atoms with Crippen molar-refractivity contribution in [2.45, 2.75) is 71.6 Å². The largest absolute Gasteiger partial charge is 0.0625 e. The molecule has 0 aliphatic heterocycles. The summed E-state index contributed by atoms with van der Waals surface area (Å²) in [4.78, 5) is 0. The molecule has 29 heavy (non-hydrogen) atoms. The Morgan fingerprint density at radius 1 is 0.414 bits per heavy atom. The highest BCUT2D eigenvalue weighted by atomic mass is 14.8. The van der Waals surface area contributed by atoms with Gasteiger partial charge in [0.1, 0.15) is 0 Å². The van der Waals surface area contributed by atoms with Gasteiger partial charge in [0.2, 0.25) is 0 Å². The first-order valence-corrected chi connectivity index (χ1v) is 14.2. The van der Waals surface area contributed by atoms with Crippen molar-refractivity contribution >= 4 is 0 Å². The maximum absolute atomic E-state index is 2.67. The molecular formula is C29H42. The van der Waals surface area contributed by atoms with E-state index in [1.807, 2.05) is 0 Å². The van der Waals surface area contributed by atoms with Crippen LogP contribution >= 0.6 is 0 Å². The molecule has 0 radical (unpaired) electrons. The summed E-state index contributed by atoms with van der Waals surface area (Å²) in [5.74, 6) is 21.2. The molecule has 16 unspecified atom stereocenters. The molecule has 0 amide bonds. The summed E-state index contributed by atoms with van der Waals surface area (Å²) >= 11 is 0.